The van der Waals surface area contributed by atoms with E-state index in [-0.39, 0.29) is 6.04 Å². The molecule has 5 heteroatoms. The number of halogens is 3. The molecule has 2 N–H and O–H groups in total. The van der Waals surface area contributed by atoms with E-state index in [2.05, 4.69) is 0 Å². The summed E-state index contributed by atoms with van der Waals surface area (Å²) in [5.74, 6) is 0.645. The standard InChI is InChI=1S/C14H12Cl3NO/c1-19-13-7-9(15)3-4-10(13)14(18)8-2-5-11(16)12(17)6-8/h2-7,14H,18H2,1H3. The first-order chi connectivity index (χ1) is 9.02. The van der Waals surface area contributed by atoms with Crippen molar-refractivity contribution in [2.75, 3.05) is 7.11 Å². The maximum Gasteiger partial charge on any atom is 0.125 e. The number of ether oxygens (including phenoxy) is 1. The molecule has 0 heterocycles. The van der Waals surface area contributed by atoms with Gasteiger partial charge in [-0.05, 0) is 29.8 Å². The van der Waals surface area contributed by atoms with Crippen LogP contribution in [-0.4, -0.2) is 7.11 Å². The zero-order valence-electron chi connectivity index (χ0n) is 10.2. The fraction of sp³-hybridized carbons (Fsp3) is 0.143. The van der Waals surface area contributed by atoms with Crippen molar-refractivity contribution in [2.24, 2.45) is 5.73 Å². The zero-order chi connectivity index (χ0) is 14.0. The molecule has 0 amide bonds. The smallest absolute Gasteiger partial charge is 0.125 e. The van der Waals surface area contributed by atoms with E-state index < -0.39 is 0 Å². The molecule has 1 atom stereocenters. The number of methoxy groups -OCH3 is 1. The normalized spacial score (nSPS) is 12.3. The van der Waals surface area contributed by atoms with Gasteiger partial charge in [-0.15, -0.1) is 0 Å². The molecule has 0 saturated heterocycles. The van der Waals surface area contributed by atoms with Crippen LogP contribution in [0.5, 0.6) is 5.75 Å². The van der Waals surface area contributed by atoms with Gasteiger partial charge in [-0.25, -0.2) is 0 Å². The third-order valence-electron chi connectivity index (χ3n) is 2.83. The van der Waals surface area contributed by atoms with Gasteiger partial charge in [0.1, 0.15) is 5.75 Å². The number of benzene rings is 2. The van der Waals surface area contributed by atoms with Gasteiger partial charge in [-0.1, -0.05) is 46.9 Å². The molecule has 0 bridgehead atoms. The maximum absolute atomic E-state index is 6.24. The lowest BCUT2D eigenvalue weighted by atomic mass is 9.99. The molecule has 1 unspecified atom stereocenters. The zero-order valence-corrected chi connectivity index (χ0v) is 12.4. The van der Waals surface area contributed by atoms with Crippen molar-refractivity contribution >= 4 is 34.8 Å². The molecule has 0 saturated carbocycles. The molecule has 2 rings (SSSR count). The van der Waals surface area contributed by atoms with Crippen molar-refractivity contribution in [3.63, 3.8) is 0 Å². The summed E-state index contributed by atoms with van der Waals surface area (Å²) in [6, 6.07) is 10.3. The predicted molar refractivity (Wildman–Crippen MR) is 80.5 cm³/mol. The highest BCUT2D eigenvalue weighted by atomic mass is 35.5. The van der Waals surface area contributed by atoms with Gasteiger partial charge in [0.25, 0.3) is 0 Å². The second kappa shape index (κ2) is 6.02. The highest BCUT2D eigenvalue weighted by Gasteiger charge is 2.15. The van der Waals surface area contributed by atoms with E-state index in [0.717, 1.165) is 11.1 Å². The van der Waals surface area contributed by atoms with Crippen LogP contribution in [0.4, 0.5) is 0 Å². The Morgan fingerprint density at radius 1 is 1.00 bits per heavy atom. The molecule has 0 aliphatic heterocycles. The number of hydrogen-bond acceptors (Lipinski definition) is 2. The molecule has 0 fully saturated rings. The second-order valence-electron chi connectivity index (χ2n) is 4.04. The van der Waals surface area contributed by atoms with E-state index in [9.17, 15) is 0 Å². The van der Waals surface area contributed by atoms with Crippen LogP contribution in [0.3, 0.4) is 0 Å². The summed E-state index contributed by atoms with van der Waals surface area (Å²) in [6.07, 6.45) is 0. The van der Waals surface area contributed by atoms with Gasteiger partial charge in [0.05, 0.1) is 23.2 Å². The predicted octanol–water partition coefficient (Wildman–Crippen LogP) is 4.70. The summed E-state index contributed by atoms with van der Waals surface area (Å²) in [7, 11) is 1.58. The average molecular weight is 317 g/mol. The van der Waals surface area contributed by atoms with E-state index >= 15 is 0 Å². The number of hydrogen-bond donors (Lipinski definition) is 1. The first-order valence-corrected chi connectivity index (χ1v) is 6.70. The van der Waals surface area contributed by atoms with Crippen LogP contribution in [0.2, 0.25) is 15.1 Å². The van der Waals surface area contributed by atoms with Crippen molar-refractivity contribution < 1.29 is 4.74 Å². The maximum atomic E-state index is 6.24. The fourth-order valence-corrected chi connectivity index (χ4v) is 2.30. The van der Waals surface area contributed by atoms with E-state index in [1.54, 1.807) is 31.4 Å². The van der Waals surface area contributed by atoms with E-state index in [4.69, 9.17) is 45.3 Å². The minimum Gasteiger partial charge on any atom is -0.496 e. The third-order valence-corrected chi connectivity index (χ3v) is 3.81. The molecule has 0 aromatic heterocycles. The molecule has 100 valence electrons. The Labute approximate surface area is 127 Å². The van der Waals surface area contributed by atoms with Gasteiger partial charge in [0.2, 0.25) is 0 Å². The van der Waals surface area contributed by atoms with Gasteiger partial charge < -0.3 is 10.5 Å². The molecule has 0 aliphatic carbocycles. The molecule has 0 spiro atoms. The third kappa shape index (κ3) is 3.15. The van der Waals surface area contributed by atoms with Crippen molar-refractivity contribution in [3.05, 3.63) is 62.6 Å². The lowest BCUT2D eigenvalue weighted by molar-refractivity contribution is 0.408. The van der Waals surface area contributed by atoms with Crippen LogP contribution in [-0.2, 0) is 0 Å². The van der Waals surface area contributed by atoms with E-state index in [1.807, 2.05) is 12.1 Å². The highest BCUT2D eigenvalue weighted by molar-refractivity contribution is 6.42. The Morgan fingerprint density at radius 3 is 2.37 bits per heavy atom. The van der Waals surface area contributed by atoms with Crippen LogP contribution in [0, 0.1) is 0 Å². The fourth-order valence-electron chi connectivity index (χ4n) is 1.83. The first-order valence-electron chi connectivity index (χ1n) is 5.57. The summed E-state index contributed by atoms with van der Waals surface area (Å²) in [5, 5.41) is 1.57. The topological polar surface area (TPSA) is 35.2 Å². The summed E-state index contributed by atoms with van der Waals surface area (Å²) < 4.78 is 5.30. The van der Waals surface area contributed by atoms with Crippen molar-refractivity contribution in [2.45, 2.75) is 6.04 Å². The van der Waals surface area contributed by atoms with Crippen molar-refractivity contribution in [1.29, 1.82) is 0 Å². The second-order valence-corrected chi connectivity index (χ2v) is 5.29. The molecular formula is C14H12Cl3NO. The molecule has 2 aromatic rings. The van der Waals surface area contributed by atoms with Crippen LogP contribution >= 0.6 is 34.8 Å². The van der Waals surface area contributed by atoms with Gasteiger partial charge >= 0.3 is 0 Å². The lowest BCUT2D eigenvalue weighted by Crippen LogP contribution is -2.13. The highest BCUT2D eigenvalue weighted by Crippen LogP contribution is 2.33. The van der Waals surface area contributed by atoms with Crippen LogP contribution in [0.15, 0.2) is 36.4 Å². The molecule has 2 aromatic carbocycles. The Kier molecular flexibility index (Phi) is 4.58. The quantitative estimate of drug-likeness (QED) is 0.890. The molecular weight excluding hydrogens is 305 g/mol. The summed E-state index contributed by atoms with van der Waals surface area (Å²) in [5.41, 5.74) is 7.93. The van der Waals surface area contributed by atoms with Gasteiger partial charge in [0, 0.05) is 10.6 Å². The van der Waals surface area contributed by atoms with Gasteiger partial charge in [-0.2, -0.15) is 0 Å². The minimum atomic E-state index is -0.359. The molecule has 0 radical (unpaired) electrons. The Morgan fingerprint density at radius 2 is 1.74 bits per heavy atom. The Bertz CT molecular complexity index is 601. The Hall–Kier alpha value is -0.930. The average Bonchev–Trinajstić information content (AvgIpc) is 2.41. The van der Waals surface area contributed by atoms with Crippen LogP contribution in [0.1, 0.15) is 17.2 Å². The summed E-state index contributed by atoms with van der Waals surface area (Å²) >= 11 is 17.8. The van der Waals surface area contributed by atoms with E-state index in [1.165, 1.54) is 0 Å². The minimum absolute atomic E-state index is 0.359. The number of nitrogens with two attached hydrogens (primary N) is 1. The monoisotopic (exact) mass is 315 g/mol. The molecule has 0 aliphatic rings. The van der Waals surface area contributed by atoms with Crippen molar-refractivity contribution in [3.8, 4) is 5.75 Å². The number of rotatable bonds is 3. The van der Waals surface area contributed by atoms with E-state index in [0.29, 0.717) is 20.8 Å². The Balaban J connectivity index is 2.43. The summed E-state index contributed by atoms with van der Waals surface area (Å²) in [4.78, 5) is 0. The molecule has 2 nitrogen and oxygen atoms in total. The van der Waals surface area contributed by atoms with Gasteiger partial charge in [0.15, 0.2) is 0 Å². The van der Waals surface area contributed by atoms with Gasteiger partial charge in [-0.3, -0.25) is 0 Å². The van der Waals surface area contributed by atoms with Crippen molar-refractivity contribution in [1.82, 2.24) is 0 Å². The first kappa shape index (κ1) is 14.5. The van der Waals surface area contributed by atoms with Crippen LogP contribution < -0.4 is 10.5 Å². The van der Waals surface area contributed by atoms with Crippen LogP contribution in [0.25, 0.3) is 0 Å². The molecule has 19 heavy (non-hydrogen) atoms. The SMILES string of the molecule is COc1cc(Cl)ccc1C(N)c1ccc(Cl)c(Cl)c1. The summed E-state index contributed by atoms with van der Waals surface area (Å²) in [6.45, 7) is 0. The lowest BCUT2D eigenvalue weighted by Gasteiger charge is -2.17. The largest absolute Gasteiger partial charge is 0.496 e.